The van der Waals surface area contributed by atoms with Crippen molar-refractivity contribution in [3.63, 3.8) is 0 Å². The predicted molar refractivity (Wildman–Crippen MR) is 68.5 cm³/mol. The normalized spacial score (nSPS) is 23.5. The highest BCUT2D eigenvalue weighted by molar-refractivity contribution is 7.91. The SMILES string of the molecule is O=S1(=O)CCC(C(Cl)c2ccc(OC(F)(F)F)cc2)C1. The third kappa shape index (κ3) is 4.02. The average molecular weight is 329 g/mol. The van der Waals surface area contributed by atoms with E-state index in [4.69, 9.17) is 11.6 Å². The van der Waals surface area contributed by atoms with Crippen LogP contribution in [0, 0.1) is 5.92 Å². The fourth-order valence-electron chi connectivity index (χ4n) is 2.18. The van der Waals surface area contributed by atoms with Gasteiger partial charge in [0.25, 0.3) is 0 Å². The van der Waals surface area contributed by atoms with Gasteiger partial charge in [-0.3, -0.25) is 0 Å². The van der Waals surface area contributed by atoms with Gasteiger partial charge in [-0.15, -0.1) is 24.8 Å². The Balaban J connectivity index is 2.06. The zero-order chi connectivity index (χ0) is 15.0. The zero-order valence-electron chi connectivity index (χ0n) is 10.2. The minimum Gasteiger partial charge on any atom is -0.406 e. The van der Waals surface area contributed by atoms with Gasteiger partial charge in [0.2, 0.25) is 0 Å². The monoisotopic (exact) mass is 328 g/mol. The summed E-state index contributed by atoms with van der Waals surface area (Å²) < 4.78 is 62.6. The van der Waals surface area contributed by atoms with Gasteiger partial charge in [0.05, 0.1) is 16.9 Å². The number of hydrogen-bond acceptors (Lipinski definition) is 3. The molecule has 0 amide bonds. The van der Waals surface area contributed by atoms with Crippen LogP contribution in [0.3, 0.4) is 0 Å². The van der Waals surface area contributed by atoms with Crippen LogP contribution in [0.1, 0.15) is 17.4 Å². The summed E-state index contributed by atoms with van der Waals surface area (Å²) in [7, 11) is -3.04. The van der Waals surface area contributed by atoms with E-state index in [0.717, 1.165) is 0 Å². The van der Waals surface area contributed by atoms with Gasteiger partial charge < -0.3 is 4.74 Å². The summed E-state index contributed by atoms with van der Waals surface area (Å²) in [5, 5.41) is -0.535. The summed E-state index contributed by atoms with van der Waals surface area (Å²) >= 11 is 6.20. The van der Waals surface area contributed by atoms with E-state index in [-0.39, 0.29) is 23.2 Å². The van der Waals surface area contributed by atoms with Crippen molar-refractivity contribution in [2.75, 3.05) is 11.5 Å². The number of halogens is 4. The van der Waals surface area contributed by atoms with Crippen LogP contribution in [-0.2, 0) is 9.84 Å². The van der Waals surface area contributed by atoms with Gasteiger partial charge in [0.1, 0.15) is 5.75 Å². The van der Waals surface area contributed by atoms with Crippen LogP contribution in [0.25, 0.3) is 0 Å². The highest BCUT2D eigenvalue weighted by atomic mass is 35.5. The van der Waals surface area contributed by atoms with E-state index in [1.807, 2.05) is 0 Å². The second-order valence-corrected chi connectivity index (χ2v) is 7.38. The molecule has 0 spiro atoms. The van der Waals surface area contributed by atoms with Gasteiger partial charge in [-0.05, 0) is 30.0 Å². The van der Waals surface area contributed by atoms with Crippen molar-refractivity contribution in [3.05, 3.63) is 29.8 Å². The Kier molecular flexibility index (Phi) is 4.20. The Morgan fingerprint density at radius 3 is 2.30 bits per heavy atom. The molecule has 1 aliphatic heterocycles. The molecule has 2 unspecified atom stereocenters. The molecule has 3 nitrogen and oxygen atoms in total. The van der Waals surface area contributed by atoms with Gasteiger partial charge in [-0.1, -0.05) is 12.1 Å². The van der Waals surface area contributed by atoms with Crippen LogP contribution in [0.15, 0.2) is 24.3 Å². The molecule has 20 heavy (non-hydrogen) atoms. The molecule has 0 N–H and O–H groups in total. The van der Waals surface area contributed by atoms with Crippen LogP contribution in [0.4, 0.5) is 13.2 Å². The fraction of sp³-hybridized carbons (Fsp3) is 0.500. The van der Waals surface area contributed by atoms with Crippen molar-refractivity contribution in [2.24, 2.45) is 5.92 Å². The summed E-state index contributed by atoms with van der Waals surface area (Å²) in [5.74, 6) is -0.418. The van der Waals surface area contributed by atoms with E-state index in [1.54, 1.807) is 0 Å². The second kappa shape index (κ2) is 5.44. The Morgan fingerprint density at radius 2 is 1.85 bits per heavy atom. The predicted octanol–water partition coefficient (Wildman–Crippen LogP) is 3.30. The van der Waals surface area contributed by atoms with E-state index in [0.29, 0.717) is 12.0 Å². The number of ether oxygens (including phenoxy) is 1. The number of benzene rings is 1. The third-order valence-corrected chi connectivity index (χ3v) is 5.52. The van der Waals surface area contributed by atoms with Crippen molar-refractivity contribution in [1.82, 2.24) is 0 Å². The van der Waals surface area contributed by atoms with Crippen LogP contribution in [0.5, 0.6) is 5.75 Å². The maximum Gasteiger partial charge on any atom is 0.573 e. The Labute approximate surface area is 119 Å². The Hall–Kier alpha value is -0.950. The van der Waals surface area contributed by atoms with Crippen LogP contribution in [-0.4, -0.2) is 26.3 Å². The first-order valence-corrected chi connectivity index (χ1v) is 8.12. The Bertz CT molecular complexity index is 569. The van der Waals surface area contributed by atoms with Gasteiger partial charge >= 0.3 is 6.36 Å². The highest BCUT2D eigenvalue weighted by Crippen LogP contribution is 2.37. The maximum absolute atomic E-state index is 12.0. The summed E-state index contributed by atoms with van der Waals surface area (Å²) in [6.07, 6.45) is -4.27. The van der Waals surface area contributed by atoms with Crippen LogP contribution in [0.2, 0.25) is 0 Å². The lowest BCUT2D eigenvalue weighted by molar-refractivity contribution is -0.274. The van der Waals surface area contributed by atoms with Crippen LogP contribution < -0.4 is 4.74 Å². The van der Waals surface area contributed by atoms with Crippen molar-refractivity contribution >= 4 is 21.4 Å². The zero-order valence-corrected chi connectivity index (χ0v) is 11.8. The number of alkyl halides is 4. The first-order chi connectivity index (χ1) is 9.16. The standard InChI is InChI=1S/C12H12ClF3O3S/c13-11(9-5-6-20(17,18)7-9)8-1-3-10(4-2-8)19-12(14,15)16/h1-4,9,11H,5-7H2. The second-order valence-electron chi connectivity index (χ2n) is 4.68. The number of sulfone groups is 1. The van der Waals surface area contributed by atoms with Crippen molar-refractivity contribution in [3.8, 4) is 5.75 Å². The first-order valence-electron chi connectivity index (χ1n) is 5.86. The Morgan fingerprint density at radius 1 is 1.25 bits per heavy atom. The molecular weight excluding hydrogens is 317 g/mol. The lowest BCUT2D eigenvalue weighted by Gasteiger charge is -2.16. The molecule has 0 radical (unpaired) electrons. The molecule has 2 atom stereocenters. The van der Waals surface area contributed by atoms with E-state index in [9.17, 15) is 21.6 Å². The van der Waals surface area contributed by atoms with E-state index >= 15 is 0 Å². The molecule has 1 heterocycles. The molecular formula is C12H12ClF3O3S. The number of hydrogen-bond donors (Lipinski definition) is 0. The largest absolute Gasteiger partial charge is 0.573 e. The highest BCUT2D eigenvalue weighted by Gasteiger charge is 2.34. The molecule has 1 fully saturated rings. The minimum atomic E-state index is -4.73. The third-order valence-electron chi connectivity index (χ3n) is 3.11. The summed E-state index contributed by atoms with van der Waals surface area (Å²) in [4.78, 5) is 0. The molecule has 1 aromatic carbocycles. The van der Waals surface area contributed by atoms with Crippen molar-refractivity contribution in [2.45, 2.75) is 18.2 Å². The molecule has 0 aromatic heterocycles. The van der Waals surface area contributed by atoms with E-state index in [2.05, 4.69) is 4.74 Å². The smallest absolute Gasteiger partial charge is 0.406 e. The molecule has 0 aliphatic carbocycles. The van der Waals surface area contributed by atoms with E-state index < -0.39 is 21.6 Å². The lowest BCUT2D eigenvalue weighted by atomic mass is 9.98. The molecule has 112 valence electrons. The molecule has 0 bridgehead atoms. The van der Waals surface area contributed by atoms with Crippen molar-refractivity contribution < 1.29 is 26.3 Å². The fourth-order valence-corrected chi connectivity index (χ4v) is 4.49. The molecule has 8 heteroatoms. The molecule has 2 rings (SSSR count). The maximum atomic E-state index is 12.0. The topological polar surface area (TPSA) is 43.4 Å². The molecule has 1 aromatic rings. The van der Waals surface area contributed by atoms with Gasteiger partial charge in [0, 0.05) is 0 Å². The summed E-state index contributed by atoms with van der Waals surface area (Å²) in [6, 6.07) is 5.18. The van der Waals surface area contributed by atoms with Crippen LogP contribution >= 0.6 is 11.6 Å². The minimum absolute atomic E-state index is 0.0158. The summed E-state index contributed by atoms with van der Waals surface area (Å²) in [5.41, 5.74) is 0.586. The van der Waals surface area contributed by atoms with Gasteiger partial charge in [-0.25, -0.2) is 8.42 Å². The quantitative estimate of drug-likeness (QED) is 0.800. The van der Waals surface area contributed by atoms with E-state index in [1.165, 1.54) is 24.3 Å². The number of rotatable bonds is 3. The molecule has 1 aliphatic rings. The molecule has 1 saturated heterocycles. The average Bonchev–Trinajstić information content (AvgIpc) is 2.68. The lowest BCUT2D eigenvalue weighted by Crippen LogP contribution is -2.17. The first kappa shape index (κ1) is 15.4. The summed E-state index contributed by atoms with van der Waals surface area (Å²) in [6.45, 7) is 0. The molecule has 0 saturated carbocycles. The van der Waals surface area contributed by atoms with Gasteiger partial charge in [0.15, 0.2) is 9.84 Å². The van der Waals surface area contributed by atoms with Crippen molar-refractivity contribution in [1.29, 1.82) is 0 Å². The van der Waals surface area contributed by atoms with Gasteiger partial charge in [-0.2, -0.15) is 0 Å².